The third-order valence-electron chi connectivity index (χ3n) is 7.25. The maximum Gasteiger partial charge on any atom is 0.246 e. The molecule has 8 aromatic rings. The lowest BCUT2D eigenvalue weighted by molar-refractivity contribution is 0.655. The van der Waals surface area contributed by atoms with Gasteiger partial charge in [0, 0.05) is 5.39 Å². The lowest BCUT2D eigenvalue weighted by Crippen LogP contribution is -1.86. The molecule has 0 spiro atoms. The van der Waals surface area contributed by atoms with Crippen molar-refractivity contribution in [1.29, 1.82) is 0 Å². The van der Waals surface area contributed by atoms with E-state index in [9.17, 15) is 0 Å². The number of aromatic nitrogens is 2. The SMILES string of the molecule is c1cc(-c2ccc3oc4nc5ccccc5nc4c3c2)cc(-c2cc3ccccc3c3ccccc23)c1. The highest BCUT2D eigenvalue weighted by Gasteiger charge is 2.14. The van der Waals surface area contributed by atoms with E-state index in [1.165, 1.54) is 32.7 Å². The minimum absolute atomic E-state index is 0.572. The van der Waals surface area contributed by atoms with E-state index in [0.717, 1.165) is 38.6 Å². The van der Waals surface area contributed by atoms with Crippen LogP contribution in [0.4, 0.5) is 0 Å². The molecule has 0 radical (unpaired) electrons. The van der Waals surface area contributed by atoms with Crippen molar-refractivity contribution in [2.24, 2.45) is 0 Å². The monoisotopic (exact) mass is 472 g/mol. The van der Waals surface area contributed by atoms with Gasteiger partial charge in [0.2, 0.25) is 5.71 Å². The topological polar surface area (TPSA) is 38.9 Å². The Bertz CT molecular complexity index is 2160. The molecular formula is C34H20N2O. The van der Waals surface area contributed by atoms with Crippen LogP contribution in [0.3, 0.4) is 0 Å². The highest BCUT2D eigenvalue weighted by atomic mass is 16.3. The quantitative estimate of drug-likeness (QED) is 0.235. The van der Waals surface area contributed by atoms with Crippen molar-refractivity contribution in [2.75, 3.05) is 0 Å². The summed E-state index contributed by atoms with van der Waals surface area (Å²) in [5.74, 6) is 0. The largest absolute Gasteiger partial charge is 0.436 e. The van der Waals surface area contributed by atoms with Crippen LogP contribution in [-0.4, -0.2) is 9.97 Å². The summed E-state index contributed by atoms with van der Waals surface area (Å²) in [6.07, 6.45) is 0. The van der Waals surface area contributed by atoms with E-state index in [4.69, 9.17) is 14.4 Å². The van der Waals surface area contributed by atoms with E-state index in [1.54, 1.807) is 0 Å². The van der Waals surface area contributed by atoms with Gasteiger partial charge in [-0.15, -0.1) is 0 Å². The Hall–Kier alpha value is -5.02. The van der Waals surface area contributed by atoms with E-state index < -0.39 is 0 Å². The second-order valence-electron chi connectivity index (χ2n) is 9.45. The highest BCUT2D eigenvalue weighted by molar-refractivity contribution is 6.14. The van der Waals surface area contributed by atoms with Crippen LogP contribution in [0, 0.1) is 0 Å². The molecule has 0 aliphatic heterocycles. The van der Waals surface area contributed by atoms with Crippen LogP contribution < -0.4 is 0 Å². The predicted octanol–water partition coefficient (Wildman–Crippen LogP) is 9.17. The van der Waals surface area contributed by atoms with Crippen molar-refractivity contribution in [1.82, 2.24) is 9.97 Å². The zero-order chi connectivity index (χ0) is 24.3. The molecular weight excluding hydrogens is 452 g/mol. The van der Waals surface area contributed by atoms with Crippen molar-refractivity contribution in [3.05, 3.63) is 121 Å². The summed E-state index contributed by atoms with van der Waals surface area (Å²) in [6.45, 7) is 0. The minimum Gasteiger partial charge on any atom is -0.436 e. The highest BCUT2D eigenvalue weighted by Crippen LogP contribution is 2.37. The summed E-state index contributed by atoms with van der Waals surface area (Å²) in [6, 6.07) is 42.6. The molecule has 0 unspecified atom stereocenters. The summed E-state index contributed by atoms with van der Waals surface area (Å²) < 4.78 is 6.06. The van der Waals surface area contributed by atoms with Crippen LogP contribution in [0.1, 0.15) is 0 Å². The Morgan fingerprint density at radius 3 is 2.05 bits per heavy atom. The van der Waals surface area contributed by atoms with Gasteiger partial charge in [0.15, 0.2) is 0 Å². The normalized spacial score (nSPS) is 11.8. The molecule has 0 aliphatic rings. The maximum atomic E-state index is 6.06. The van der Waals surface area contributed by atoms with Gasteiger partial charge < -0.3 is 4.42 Å². The van der Waals surface area contributed by atoms with Crippen LogP contribution in [0.5, 0.6) is 0 Å². The van der Waals surface area contributed by atoms with Gasteiger partial charge in [0.1, 0.15) is 11.1 Å². The molecule has 0 atom stereocenters. The van der Waals surface area contributed by atoms with E-state index >= 15 is 0 Å². The molecule has 0 fully saturated rings. The third kappa shape index (κ3) is 3.14. The van der Waals surface area contributed by atoms with Crippen molar-refractivity contribution in [3.63, 3.8) is 0 Å². The second kappa shape index (κ2) is 7.74. The smallest absolute Gasteiger partial charge is 0.246 e. The van der Waals surface area contributed by atoms with Gasteiger partial charge in [0.05, 0.1) is 11.0 Å². The molecule has 2 heterocycles. The number of furan rings is 1. The standard InChI is InChI=1S/C34H20N2O/c1-2-11-25-24(8-1)20-28(27-13-4-3-12-26(25)27)23-10-7-9-21(18-23)22-16-17-32-29(19-22)33-34(37-32)36-31-15-6-5-14-30(31)35-33/h1-20H. The Morgan fingerprint density at radius 2 is 1.16 bits per heavy atom. The first-order chi connectivity index (χ1) is 18.3. The fraction of sp³-hybridized carbons (Fsp3) is 0. The summed E-state index contributed by atoms with van der Waals surface area (Å²) >= 11 is 0. The Labute approximate surface area is 212 Å². The fourth-order valence-corrected chi connectivity index (χ4v) is 5.48. The Kier molecular flexibility index (Phi) is 4.23. The van der Waals surface area contributed by atoms with Crippen molar-refractivity contribution < 1.29 is 4.42 Å². The number of benzene rings is 6. The van der Waals surface area contributed by atoms with Crippen molar-refractivity contribution in [2.45, 2.75) is 0 Å². The molecule has 0 saturated heterocycles. The second-order valence-corrected chi connectivity index (χ2v) is 9.45. The van der Waals surface area contributed by atoms with Gasteiger partial charge >= 0.3 is 0 Å². The first-order valence-corrected chi connectivity index (χ1v) is 12.4. The molecule has 0 amide bonds. The number of hydrogen-bond acceptors (Lipinski definition) is 3. The predicted molar refractivity (Wildman–Crippen MR) is 153 cm³/mol. The molecule has 0 aliphatic carbocycles. The van der Waals surface area contributed by atoms with E-state index in [0.29, 0.717) is 5.71 Å². The molecule has 0 saturated carbocycles. The van der Waals surface area contributed by atoms with Crippen LogP contribution in [0.2, 0.25) is 0 Å². The van der Waals surface area contributed by atoms with E-state index in [2.05, 4.69) is 91.0 Å². The van der Waals surface area contributed by atoms with E-state index in [1.807, 2.05) is 30.3 Å². The van der Waals surface area contributed by atoms with Crippen LogP contribution >= 0.6 is 0 Å². The van der Waals surface area contributed by atoms with Crippen molar-refractivity contribution in [3.8, 4) is 22.3 Å². The van der Waals surface area contributed by atoms with Crippen LogP contribution in [-0.2, 0) is 0 Å². The Morgan fingerprint density at radius 1 is 0.459 bits per heavy atom. The zero-order valence-electron chi connectivity index (χ0n) is 19.8. The number of fused-ring (bicyclic) bond motifs is 7. The molecule has 6 aromatic carbocycles. The van der Waals surface area contributed by atoms with Gasteiger partial charge in [-0.2, -0.15) is 0 Å². The molecule has 0 N–H and O–H groups in total. The third-order valence-corrected chi connectivity index (χ3v) is 7.25. The van der Waals surface area contributed by atoms with Crippen LogP contribution in [0.15, 0.2) is 126 Å². The summed E-state index contributed by atoms with van der Waals surface area (Å²) in [4.78, 5) is 9.57. The first-order valence-electron chi connectivity index (χ1n) is 12.4. The molecule has 2 aromatic heterocycles. The number of nitrogens with zero attached hydrogens (tertiary/aromatic N) is 2. The van der Waals surface area contributed by atoms with Gasteiger partial charge in [-0.1, -0.05) is 84.9 Å². The average Bonchev–Trinajstić information content (AvgIpc) is 3.32. The molecule has 37 heavy (non-hydrogen) atoms. The fourth-order valence-electron chi connectivity index (χ4n) is 5.48. The minimum atomic E-state index is 0.572. The van der Waals surface area contributed by atoms with Gasteiger partial charge in [-0.25, -0.2) is 9.97 Å². The number of rotatable bonds is 2. The number of hydrogen-bond donors (Lipinski definition) is 0. The molecule has 3 nitrogen and oxygen atoms in total. The lowest BCUT2D eigenvalue weighted by atomic mass is 9.92. The number of para-hydroxylation sites is 2. The Balaban J connectivity index is 1.32. The van der Waals surface area contributed by atoms with Gasteiger partial charge in [-0.05, 0) is 80.2 Å². The van der Waals surface area contributed by atoms with Crippen molar-refractivity contribution >= 4 is 54.8 Å². The average molecular weight is 473 g/mol. The van der Waals surface area contributed by atoms with Gasteiger partial charge in [-0.3, -0.25) is 0 Å². The first kappa shape index (κ1) is 20.2. The van der Waals surface area contributed by atoms with E-state index in [-0.39, 0.29) is 0 Å². The van der Waals surface area contributed by atoms with Crippen LogP contribution in [0.25, 0.3) is 77.0 Å². The summed E-state index contributed by atoms with van der Waals surface area (Å²) in [5.41, 5.74) is 8.58. The molecule has 8 rings (SSSR count). The molecule has 3 heteroatoms. The zero-order valence-corrected chi connectivity index (χ0v) is 19.8. The summed E-state index contributed by atoms with van der Waals surface area (Å²) in [7, 11) is 0. The summed E-state index contributed by atoms with van der Waals surface area (Å²) in [5, 5.41) is 6.05. The lowest BCUT2D eigenvalue weighted by Gasteiger charge is -2.12. The van der Waals surface area contributed by atoms with Gasteiger partial charge in [0.25, 0.3) is 0 Å². The molecule has 172 valence electrons. The maximum absolute atomic E-state index is 6.06. The molecule has 0 bridgehead atoms.